The molecule has 1 aromatic carbocycles. The van der Waals surface area contributed by atoms with E-state index in [4.69, 9.17) is 0 Å². The molecule has 1 saturated heterocycles. The number of nitrogens with one attached hydrogen (secondary N) is 2. The first-order chi connectivity index (χ1) is 9.08. The number of aryl methyl sites for hydroxylation is 1. The molecule has 0 spiro atoms. The van der Waals surface area contributed by atoms with Gasteiger partial charge in [-0.15, -0.1) is 0 Å². The standard InChI is InChI=1S/C16H27N3/c1-12(2)15-7-5-6-13(3)16(15)18-10-14-11-19(4)9-8-17-14/h5-7,12,14,17-18H,8-11H2,1-4H3. The van der Waals surface area contributed by atoms with Crippen LogP contribution < -0.4 is 10.6 Å². The predicted molar refractivity (Wildman–Crippen MR) is 83.0 cm³/mol. The quantitative estimate of drug-likeness (QED) is 0.872. The zero-order chi connectivity index (χ0) is 13.8. The molecule has 0 amide bonds. The Balaban J connectivity index is 2.02. The Morgan fingerprint density at radius 3 is 2.89 bits per heavy atom. The van der Waals surface area contributed by atoms with E-state index in [0.29, 0.717) is 12.0 Å². The van der Waals surface area contributed by atoms with Crippen molar-refractivity contribution in [3.8, 4) is 0 Å². The minimum atomic E-state index is 0.540. The lowest BCUT2D eigenvalue weighted by atomic mass is 9.98. The Labute approximate surface area is 117 Å². The number of nitrogens with zero attached hydrogens (tertiary/aromatic N) is 1. The second-order valence-electron chi connectivity index (χ2n) is 5.99. The maximum Gasteiger partial charge on any atom is 0.0405 e. The summed E-state index contributed by atoms with van der Waals surface area (Å²) in [5.41, 5.74) is 4.09. The van der Waals surface area contributed by atoms with Crippen LogP contribution in [0.3, 0.4) is 0 Å². The van der Waals surface area contributed by atoms with Gasteiger partial charge in [0.05, 0.1) is 0 Å². The van der Waals surface area contributed by atoms with Gasteiger partial charge in [-0.3, -0.25) is 0 Å². The van der Waals surface area contributed by atoms with Crippen LogP contribution in [-0.2, 0) is 0 Å². The van der Waals surface area contributed by atoms with Gasteiger partial charge in [-0.1, -0.05) is 32.0 Å². The van der Waals surface area contributed by atoms with Gasteiger partial charge in [-0.05, 0) is 31.0 Å². The Bertz CT molecular complexity index is 414. The van der Waals surface area contributed by atoms with Crippen molar-refractivity contribution in [2.75, 3.05) is 38.5 Å². The highest BCUT2D eigenvalue weighted by atomic mass is 15.2. The second-order valence-corrected chi connectivity index (χ2v) is 5.99. The fourth-order valence-electron chi connectivity index (χ4n) is 2.77. The van der Waals surface area contributed by atoms with Gasteiger partial charge < -0.3 is 15.5 Å². The molecular formula is C16H27N3. The van der Waals surface area contributed by atoms with E-state index in [9.17, 15) is 0 Å². The number of rotatable bonds is 4. The van der Waals surface area contributed by atoms with Crippen molar-refractivity contribution in [1.82, 2.24) is 10.2 Å². The molecule has 1 heterocycles. The van der Waals surface area contributed by atoms with E-state index in [2.05, 4.69) is 61.6 Å². The maximum absolute atomic E-state index is 3.66. The molecule has 1 atom stereocenters. The van der Waals surface area contributed by atoms with Crippen LogP contribution in [0.15, 0.2) is 18.2 Å². The molecule has 1 fully saturated rings. The van der Waals surface area contributed by atoms with Gasteiger partial charge in [0.1, 0.15) is 0 Å². The van der Waals surface area contributed by atoms with Crippen LogP contribution in [0, 0.1) is 6.92 Å². The monoisotopic (exact) mass is 261 g/mol. The van der Waals surface area contributed by atoms with Crippen molar-refractivity contribution < 1.29 is 0 Å². The predicted octanol–water partition coefficient (Wildman–Crippen LogP) is 2.43. The summed E-state index contributed by atoms with van der Waals surface area (Å²) in [6.45, 7) is 11.1. The maximum atomic E-state index is 3.66. The molecule has 2 rings (SSSR count). The van der Waals surface area contributed by atoms with Crippen molar-refractivity contribution in [2.24, 2.45) is 0 Å². The number of para-hydroxylation sites is 1. The van der Waals surface area contributed by atoms with E-state index in [0.717, 1.165) is 26.2 Å². The van der Waals surface area contributed by atoms with Gasteiger partial charge in [-0.2, -0.15) is 0 Å². The van der Waals surface area contributed by atoms with Gasteiger partial charge in [0, 0.05) is 37.9 Å². The second kappa shape index (κ2) is 6.40. The molecule has 0 aliphatic carbocycles. The van der Waals surface area contributed by atoms with Gasteiger partial charge in [0.25, 0.3) is 0 Å². The molecule has 1 aliphatic rings. The van der Waals surface area contributed by atoms with Crippen LogP contribution in [0.5, 0.6) is 0 Å². The molecular weight excluding hydrogens is 234 g/mol. The average molecular weight is 261 g/mol. The molecule has 0 radical (unpaired) electrons. The lowest BCUT2D eigenvalue weighted by Gasteiger charge is -2.31. The van der Waals surface area contributed by atoms with Crippen molar-refractivity contribution in [3.05, 3.63) is 29.3 Å². The SMILES string of the molecule is Cc1cccc(C(C)C)c1NCC1CN(C)CCN1. The first-order valence-corrected chi connectivity index (χ1v) is 7.33. The number of hydrogen-bond donors (Lipinski definition) is 2. The van der Waals surface area contributed by atoms with Crippen LogP contribution in [0.4, 0.5) is 5.69 Å². The summed E-state index contributed by atoms with van der Waals surface area (Å²) in [6.07, 6.45) is 0. The summed E-state index contributed by atoms with van der Waals surface area (Å²) in [5, 5.41) is 7.25. The van der Waals surface area contributed by atoms with Gasteiger partial charge in [0.15, 0.2) is 0 Å². The third-order valence-corrected chi connectivity index (χ3v) is 3.91. The average Bonchev–Trinajstić information content (AvgIpc) is 2.37. The highest BCUT2D eigenvalue weighted by Crippen LogP contribution is 2.27. The third kappa shape index (κ3) is 3.71. The van der Waals surface area contributed by atoms with E-state index in [1.807, 2.05) is 0 Å². The largest absolute Gasteiger partial charge is 0.383 e. The first-order valence-electron chi connectivity index (χ1n) is 7.33. The smallest absolute Gasteiger partial charge is 0.0405 e. The Morgan fingerprint density at radius 2 is 2.21 bits per heavy atom. The fourth-order valence-corrected chi connectivity index (χ4v) is 2.77. The van der Waals surface area contributed by atoms with Crippen LogP contribution in [0.2, 0.25) is 0 Å². The van der Waals surface area contributed by atoms with Crippen LogP contribution in [0.1, 0.15) is 30.9 Å². The van der Waals surface area contributed by atoms with Gasteiger partial charge >= 0.3 is 0 Å². The zero-order valence-corrected chi connectivity index (χ0v) is 12.7. The number of piperazine rings is 1. The summed E-state index contributed by atoms with van der Waals surface area (Å²) >= 11 is 0. The third-order valence-electron chi connectivity index (χ3n) is 3.91. The topological polar surface area (TPSA) is 27.3 Å². The molecule has 0 aromatic heterocycles. The minimum absolute atomic E-state index is 0.540. The highest BCUT2D eigenvalue weighted by molar-refractivity contribution is 5.58. The molecule has 0 bridgehead atoms. The van der Waals surface area contributed by atoms with Crippen molar-refractivity contribution in [1.29, 1.82) is 0 Å². The van der Waals surface area contributed by atoms with Crippen LogP contribution in [0.25, 0.3) is 0 Å². The number of anilines is 1. The molecule has 106 valence electrons. The first kappa shape index (κ1) is 14.4. The summed E-state index contributed by atoms with van der Waals surface area (Å²) in [5.74, 6) is 0.560. The molecule has 19 heavy (non-hydrogen) atoms. The van der Waals surface area contributed by atoms with Crippen LogP contribution in [-0.4, -0.2) is 44.2 Å². The number of hydrogen-bond acceptors (Lipinski definition) is 3. The Morgan fingerprint density at radius 1 is 1.42 bits per heavy atom. The van der Waals surface area contributed by atoms with E-state index in [-0.39, 0.29) is 0 Å². The lowest BCUT2D eigenvalue weighted by Crippen LogP contribution is -2.51. The molecule has 2 N–H and O–H groups in total. The summed E-state index contributed by atoms with van der Waals surface area (Å²) < 4.78 is 0. The van der Waals surface area contributed by atoms with E-state index in [1.54, 1.807) is 0 Å². The normalized spacial score (nSPS) is 20.8. The molecule has 1 aliphatic heterocycles. The Kier molecular flexibility index (Phi) is 4.83. The molecule has 0 saturated carbocycles. The van der Waals surface area contributed by atoms with Gasteiger partial charge in [0.2, 0.25) is 0 Å². The zero-order valence-electron chi connectivity index (χ0n) is 12.7. The molecule has 3 heteroatoms. The van der Waals surface area contributed by atoms with Crippen molar-refractivity contribution in [3.63, 3.8) is 0 Å². The number of likely N-dealkylation sites (N-methyl/N-ethyl adjacent to an activating group) is 1. The molecule has 1 aromatic rings. The van der Waals surface area contributed by atoms with E-state index >= 15 is 0 Å². The minimum Gasteiger partial charge on any atom is -0.383 e. The summed E-state index contributed by atoms with van der Waals surface area (Å²) in [4.78, 5) is 2.39. The van der Waals surface area contributed by atoms with Crippen molar-refractivity contribution >= 4 is 5.69 Å². The van der Waals surface area contributed by atoms with Crippen molar-refractivity contribution in [2.45, 2.75) is 32.7 Å². The lowest BCUT2D eigenvalue weighted by molar-refractivity contribution is 0.244. The van der Waals surface area contributed by atoms with Crippen LogP contribution >= 0.6 is 0 Å². The van der Waals surface area contributed by atoms with Gasteiger partial charge in [-0.25, -0.2) is 0 Å². The highest BCUT2D eigenvalue weighted by Gasteiger charge is 2.17. The molecule has 1 unspecified atom stereocenters. The summed E-state index contributed by atoms with van der Waals surface area (Å²) in [6, 6.07) is 7.12. The number of benzene rings is 1. The molecule has 3 nitrogen and oxygen atoms in total. The summed E-state index contributed by atoms with van der Waals surface area (Å²) in [7, 11) is 2.20. The Hall–Kier alpha value is -1.06. The fraction of sp³-hybridized carbons (Fsp3) is 0.625. The van der Waals surface area contributed by atoms with E-state index in [1.165, 1.54) is 16.8 Å². The van der Waals surface area contributed by atoms with E-state index < -0.39 is 0 Å².